The van der Waals surface area contributed by atoms with Crippen molar-refractivity contribution in [3.8, 4) is 11.5 Å². The van der Waals surface area contributed by atoms with Crippen LogP contribution in [0.2, 0.25) is 5.02 Å². The minimum Gasteiger partial charge on any atom is -0.494 e. The molecule has 4 amide bonds. The van der Waals surface area contributed by atoms with E-state index in [2.05, 4.69) is 5.32 Å². The molecule has 1 heterocycles. The first-order chi connectivity index (χ1) is 16.5. The third-order valence-corrected chi connectivity index (χ3v) is 5.42. The van der Waals surface area contributed by atoms with Crippen molar-refractivity contribution in [2.24, 2.45) is 0 Å². The van der Waals surface area contributed by atoms with E-state index in [0.717, 1.165) is 10.5 Å². The minimum absolute atomic E-state index is 0.150. The number of rotatable bonds is 7. The van der Waals surface area contributed by atoms with Gasteiger partial charge in [-0.3, -0.25) is 14.9 Å². The summed E-state index contributed by atoms with van der Waals surface area (Å²) in [6, 6.07) is 19.9. The number of imide groups is 2. The molecule has 7 nitrogen and oxygen atoms in total. The van der Waals surface area contributed by atoms with Gasteiger partial charge >= 0.3 is 6.03 Å². The fourth-order valence-corrected chi connectivity index (χ4v) is 3.54. The van der Waals surface area contributed by atoms with Crippen LogP contribution >= 0.6 is 11.6 Å². The van der Waals surface area contributed by atoms with Gasteiger partial charge in [0, 0.05) is 10.6 Å². The Morgan fingerprint density at radius 3 is 2.21 bits per heavy atom. The number of amides is 4. The number of halogens is 1. The Labute approximate surface area is 201 Å². The first-order valence-corrected chi connectivity index (χ1v) is 10.9. The molecular weight excluding hydrogens is 456 g/mol. The molecule has 0 bridgehead atoms. The molecule has 4 rings (SSSR count). The molecule has 0 radical (unpaired) electrons. The molecule has 0 unspecified atom stereocenters. The summed E-state index contributed by atoms with van der Waals surface area (Å²) < 4.78 is 11.2. The zero-order valence-electron chi connectivity index (χ0n) is 18.3. The number of urea groups is 1. The number of hydrogen-bond donors (Lipinski definition) is 1. The van der Waals surface area contributed by atoms with Crippen molar-refractivity contribution in [3.63, 3.8) is 0 Å². The van der Waals surface area contributed by atoms with E-state index in [9.17, 15) is 14.4 Å². The number of nitrogens with one attached hydrogen (secondary N) is 1. The summed E-state index contributed by atoms with van der Waals surface area (Å²) in [7, 11) is 0. The zero-order chi connectivity index (χ0) is 24.1. The maximum Gasteiger partial charge on any atom is 0.335 e. The van der Waals surface area contributed by atoms with Crippen LogP contribution < -0.4 is 19.7 Å². The van der Waals surface area contributed by atoms with Crippen molar-refractivity contribution in [1.29, 1.82) is 0 Å². The number of anilines is 1. The second-order valence-corrected chi connectivity index (χ2v) is 7.74. The lowest BCUT2D eigenvalue weighted by molar-refractivity contribution is -0.122. The molecular formula is C26H21ClN2O5. The summed E-state index contributed by atoms with van der Waals surface area (Å²) >= 11 is 6.15. The average molecular weight is 477 g/mol. The van der Waals surface area contributed by atoms with Gasteiger partial charge in [0.2, 0.25) is 0 Å². The molecule has 1 saturated heterocycles. The molecule has 1 fully saturated rings. The van der Waals surface area contributed by atoms with E-state index < -0.39 is 17.8 Å². The molecule has 0 saturated carbocycles. The van der Waals surface area contributed by atoms with Gasteiger partial charge in [-0.2, -0.15) is 0 Å². The monoisotopic (exact) mass is 476 g/mol. The van der Waals surface area contributed by atoms with Crippen molar-refractivity contribution in [2.45, 2.75) is 13.5 Å². The molecule has 34 heavy (non-hydrogen) atoms. The molecule has 0 spiro atoms. The highest BCUT2D eigenvalue weighted by molar-refractivity contribution is 6.39. The second-order valence-electron chi connectivity index (χ2n) is 7.33. The van der Waals surface area contributed by atoms with E-state index in [0.29, 0.717) is 34.4 Å². The van der Waals surface area contributed by atoms with Crippen molar-refractivity contribution >= 4 is 41.2 Å². The smallest absolute Gasteiger partial charge is 0.335 e. The highest BCUT2D eigenvalue weighted by Gasteiger charge is 2.36. The van der Waals surface area contributed by atoms with Gasteiger partial charge in [0.1, 0.15) is 23.7 Å². The largest absolute Gasteiger partial charge is 0.494 e. The standard InChI is InChI=1S/C26H21ClN2O5/c1-2-33-20-11-7-17(8-12-20)15-22-24(30)28-26(32)29(25(22)31)19-9-13-21(14-10-19)34-16-18-5-3-4-6-23(18)27/h3-15H,2,16H2,1H3,(H,28,30,32)/b22-15+. The van der Waals surface area contributed by atoms with Crippen LogP contribution in [0.15, 0.2) is 78.4 Å². The predicted molar refractivity (Wildman–Crippen MR) is 129 cm³/mol. The fourth-order valence-electron chi connectivity index (χ4n) is 3.35. The second kappa shape index (κ2) is 10.2. The summed E-state index contributed by atoms with van der Waals surface area (Å²) in [6.07, 6.45) is 1.44. The van der Waals surface area contributed by atoms with Crippen LogP contribution in [0.3, 0.4) is 0 Å². The first-order valence-electron chi connectivity index (χ1n) is 10.6. The van der Waals surface area contributed by atoms with Crippen LogP contribution in [0.1, 0.15) is 18.1 Å². The molecule has 3 aromatic rings. The van der Waals surface area contributed by atoms with Crippen LogP contribution in [0.4, 0.5) is 10.5 Å². The third kappa shape index (κ3) is 5.10. The highest BCUT2D eigenvalue weighted by Crippen LogP contribution is 2.26. The molecule has 8 heteroatoms. The van der Waals surface area contributed by atoms with E-state index in [1.807, 2.05) is 25.1 Å². The number of benzene rings is 3. The van der Waals surface area contributed by atoms with Gasteiger partial charge in [0.15, 0.2) is 0 Å². The molecule has 0 aromatic heterocycles. The lowest BCUT2D eigenvalue weighted by atomic mass is 10.1. The molecule has 0 atom stereocenters. The van der Waals surface area contributed by atoms with Gasteiger partial charge in [-0.05, 0) is 61.0 Å². The molecule has 1 N–H and O–H groups in total. The minimum atomic E-state index is -0.816. The number of carbonyl (C=O) groups is 3. The van der Waals surface area contributed by atoms with E-state index in [1.165, 1.54) is 6.08 Å². The van der Waals surface area contributed by atoms with Gasteiger partial charge in [-0.25, -0.2) is 9.69 Å². The molecule has 1 aliphatic rings. The van der Waals surface area contributed by atoms with Crippen LogP contribution in [-0.2, 0) is 16.2 Å². The number of hydrogen-bond acceptors (Lipinski definition) is 5. The Kier molecular flexibility index (Phi) is 6.94. The molecule has 1 aliphatic heterocycles. The topological polar surface area (TPSA) is 84.9 Å². The average Bonchev–Trinajstić information content (AvgIpc) is 2.83. The normalized spacial score (nSPS) is 14.8. The van der Waals surface area contributed by atoms with Gasteiger partial charge in [0.25, 0.3) is 11.8 Å². The van der Waals surface area contributed by atoms with Crippen molar-refractivity contribution in [1.82, 2.24) is 5.32 Å². The summed E-state index contributed by atoms with van der Waals surface area (Å²) in [5, 5.41) is 2.82. The summed E-state index contributed by atoms with van der Waals surface area (Å²) in [5.41, 5.74) is 1.61. The summed E-state index contributed by atoms with van der Waals surface area (Å²) in [5.74, 6) is -0.250. The van der Waals surface area contributed by atoms with Gasteiger partial charge in [0.05, 0.1) is 12.3 Å². The maximum atomic E-state index is 13.1. The lowest BCUT2D eigenvalue weighted by Gasteiger charge is -2.26. The van der Waals surface area contributed by atoms with Crippen molar-refractivity contribution in [3.05, 3.63) is 94.5 Å². The SMILES string of the molecule is CCOc1ccc(/C=C2\C(=O)NC(=O)N(c3ccc(OCc4ccccc4Cl)cc3)C2=O)cc1. The predicted octanol–water partition coefficient (Wildman–Crippen LogP) is 4.98. The molecule has 0 aliphatic carbocycles. The van der Waals surface area contributed by atoms with E-state index in [1.54, 1.807) is 54.6 Å². The van der Waals surface area contributed by atoms with Crippen LogP contribution in [-0.4, -0.2) is 24.5 Å². The first kappa shape index (κ1) is 23.1. The lowest BCUT2D eigenvalue weighted by Crippen LogP contribution is -2.54. The number of ether oxygens (including phenoxy) is 2. The Hall–Kier alpha value is -4.10. The van der Waals surface area contributed by atoms with Gasteiger partial charge < -0.3 is 9.47 Å². The number of barbiturate groups is 1. The van der Waals surface area contributed by atoms with Crippen LogP contribution in [0.25, 0.3) is 6.08 Å². The Balaban J connectivity index is 1.51. The quantitative estimate of drug-likeness (QED) is 0.384. The Bertz CT molecular complexity index is 1250. The molecule has 3 aromatic carbocycles. The number of carbonyl (C=O) groups excluding carboxylic acids is 3. The zero-order valence-corrected chi connectivity index (χ0v) is 19.0. The highest BCUT2D eigenvalue weighted by atomic mass is 35.5. The third-order valence-electron chi connectivity index (χ3n) is 5.05. The Morgan fingerprint density at radius 1 is 0.882 bits per heavy atom. The van der Waals surface area contributed by atoms with E-state index in [4.69, 9.17) is 21.1 Å². The van der Waals surface area contributed by atoms with Crippen LogP contribution in [0, 0.1) is 0 Å². The van der Waals surface area contributed by atoms with Gasteiger partial charge in [-0.15, -0.1) is 0 Å². The number of nitrogens with zero attached hydrogens (tertiary/aromatic N) is 1. The van der Waals surface area contributed by atoms with E-state index >= 15 is 0 Å². The Morgan fingerprint density at radius 2 is 1.53 bits per heavy atom. The van der Waals surface area contributed by atoms with E-state index in [-0.39, 0.29) is 12.2 Å². The molecule has 172 valence electrons. The van der Waals surface area contributed by atoms with Crippen molar-refractivity contribution in [2.75, 3.05) is 11.5 Å². The fraction of sp³-hybridized carbons (Fsp3) is 0.115. The summed E-state index contributed by atoms with van der Waals surface area (Å²) in [6.45, 7) is 2.68. The van der Waals surface area contributed by atoms with Gasteiger partial charge in [-0.1, -0.05) is 41.9 Å². The summed E-state index contributed by atoms with van der Waals surface area (Å²) in [4.78, 5) is 38.8. The van der Waals surface area contributed by atoms with Crippen LogP contribution in [0.5, 0.6) is 11.5 Å². The maximum absolute atomic E-state index is 13.1. The van der Waals surface area contributed by atoms with Crippen molar-refractivity contribution < 1.29 is 23.9 Å².